The number of aliphatic carboxylic acids is 1. The lowest BCUT2D eigenvalue weighted by molar-refractivity contribution is -0.142. The van der Waals surface area contributed by atoms with Crippen LogP contribution in [0.2, 0.25) is 0 Å². The highest BCUT2D eigenvalue weighted by Gasteiger charge is 2.44. The summed E-state index contributed by atoms with van der Waals surface area (Å²) in [5, 5.41) is 11.6. The van der Waals surface area contributed by atoms with Gasteiger partial charge in [0.15, 0.2) is 0 Å². The summed E-state index contributed by atoms with van der Waals surface area (Å²) in [7, 11) is 0. The van der Waals surface area contributed by atoms with Crippen molar-refractivity contribution in [2.75, 3.05) is 0 Å². The average Bonchev–Trinajstić information content (AvgIpc) is 3.25. The molecule has 1 aliphatic carbocycles. The Morgan fingerprint density at radius 1 is 1.28 bits per heavy atom. The van der Waals surface area contributed by atoms with E-state index in [9.17, 15) is 14.3 Å². The number of benzene rings is 1. The van der Waals surface area contributed by atoms with E-state index in [4.69, 9.17) is 0 Å². The van der Waals surface area contributed by atoms with Crippen molar-refractivity contribution < 1.29 is 14.3 Å². The van der Waals surface area contributed by atoms with Crippen molar-refractivity contribution in [2.45, 2.75) is 50.7 Å². The van der Waals surface area contributed by atoms with Gasteiger partial charge in [0.2, 0.25) is 0 Å². The lowest BCUT2D eigenvalue weighted by Gasteiger charge is -2.33. The molecule has 3 unspecified atom stereocenters. The normalized spacial score (nSPS) is 26.5. The third-order valence-corrected chi connectivity index (χ3v) is 6.59. The van der Waals surface area contributed by atoms with Crippen molar-refractivity contribution in [3.05, 3.63) is 47.1 Å². The number of thiophene rings is 1. The molecule has 4 rings (SSSR count). The second kappa shape index (κ2) is 6.89. The molecule has 3 nitrogen and oxygen atoms in total. The Kier molecular flexibility index (Phi) is 4.61. The first-order valence-corrected chi connectivity index (χ1v) is 9.82. The van der Waals surface area contributed by atoms with Gasteiger partial charge in [-0.2, -0.15) is 0 Å². The molecule has 0 amide bonds. The molecule has 2 fully saturated rings. The number of carboxylic acid groups (broad SMARTS) is 1. The largest absolute Gasteiger partial charge is 0.480 e. The van der Waals surface area contributed by atoms with Gasteiger partial charge in [-0.1, -0.05) is 25.0 Å². The summed E-state index contributed by atoms with van der Waals surface area (Å²) in [5.74, 6) is -0.458. The Hall–Kier alpha value is -1.72. The first-order chi connectivity index (χ1) is 12.1. The van der Waals surface area contributed by atoms with E-state index in [0.29, 0.717) is 24.1 Å². The van der Waals surface area contributed by atoms with Crippen molar-refractivity contribution in [3.63, 3.8) is 0 Å². The molecule has 2 heterocycles. The Bertz CT molecular complexity index is 761. The number of hydrogen-bond donors (Lipinski definition) is 1. The van der Waals surface area contributed by atoms with Crippen molar-refractivity contribution in [3.8, 4) is 10.4 Å². The minimum absolute atomic E-state index is 0.224. The predicted octanol–water partition coefficient (Wildman–Crippen LogP) is 4.77. The van der Waals surface area contributed by atoms with Crippen LogP contribution in [0.15, 0.2) is 35.7 Å². The van der Waals surface area contributed by atoms with Crippen LogP contribution in [0.3, 0.4) is 0 Å². The highest BCUT2D eigenvalue weighted by Crippen LogP contribution is 2.41. The van der Waals surface area contributed by atoms with Crippen LogP contribution in [-0.2, 0) is 11.3 Å². The summed E-state index contributed by atoms with van der Waals surface area (Å²) in [6.45, 7) is 0.580. The summed E-state index contributed by atoms with van der Waals surface area (Å²) in [4.78, 5) is 14.8. The van der Waals surface area contributed by atoms with Gasteiger partial charge in [-0.3, -0.25) is 9.69 Å². The SMILES string of the molecule is O=C(O)C1CC2CCCCC2N1Cc1ccc(F)c(-c2cccs2)c1. The van der Waals surface area contributed by atoms with E-state index >= 15 is 0 Å². The minimum atomic E-state index is -0.727. The monoisotopic (exact) mass is 359 g/mol. The maximum absolute atomic E-state index is 14.2. The fraction of sp³-hybridized carbons (Fsp3) is 0.450. The van der Waals surface area contributed by atoms with Gasteiger partial charge >= 0.3 is 5.97 Å². The lowest BCUT2D eigenvalue weighted by atomic mass is 9.84. The van der Waals surface area contributed by atoms with Gasteiger partial charge in [0.05, 0.1) is 0 Å². The fourth-order valence-electron chi connectivity index (χ4n) is 4.53. The van der Waals surface area contributed by atoms with E-state index in [1.54, 1.807) is 6.07 Å². The molecule has 25 heavy (non-hydrogen) atoms. The van der Waals surface area contributed by atoms with Crippen LogP contribution in [0.25, 0.3) is 10.4 Å². The number of fused-ring (bicyclic) bond motifs is 1. The van der Waals surface area contributed by atoms with Crippen molar-refractivity contribution in [1.82, 2.24) is 4.90 Å². The smallest absolute Gasteiger partial charge is 0.320 e. The first kappa shape index (κ1) is 16.7. The third kappa shape index (κ3) is 3.23. The van der Waals surface area contributed by atoms with Crippen LogP contribution in [0.1, 0.15) is 37.7 Å². The molecule has 1 saturated heterocycles. The summed E-state index contributed by atoms with van der Waals surface area (Å²) in [6.07, 6.45) is 5.34. The first-order valence-electron chi connectivity index (χ1n) is 8.94. The summed E-state index contributed by atoms with van der Waals surface area (Å²) < 4.78 is 14.2. The molecule has 1 N–H and O–H groups in total. The predicted molar refractivity (Wildman–Crippen MR) is 97.0 cm³/mol. The topological polar surface area (TPSA) is 40.5 Å². The van der Waals surface area contributed by atoms with Crippen LogP contribution in [0.5, 0.6) is 0 Å². The zero-order valence-electron chi connectivity index (χ0n) is 14.0. The Morgan fingerprint density at radius 3 is 2.88 bits per heavy atom. The average molecular weight is 359 g/mol. The highest BCUT2D eigenvalue weighted by atomic mass is 32.1. The number of carboxylic acids is 1. The van der Waals surface area contributed by atoms with Gasteiger partial charge in [-0.25, -0.2) is 4.39 Å². The number of hydrogen-bond acceptors (Lipinski definition) is 3. The number of likely N-dealkylation sites (tertiary alicyclic amines) is 1. The van der Waals surface area contributed by atoms with Crippen LogP contribution >= 0.6 is 11.3 Å². The number of carbonyl (C=O) groups is 1. The fourth-order valence-corrected chi connectivity index (χ4v) is 5.27. The molecule has 1 aromatic carbocycles. The molecule has 132 valence electrons. The van der Waals surface area contributed by atoms with E-state index in [-0.39, 0.29) is 5.82 Å². The molecule has 1 saturated carbocycles. The molecule has 1 aromatic heterocycles. The molecule has 0 spiro atoms. The Labute approximate surface area is 151 Å². The molecule has 2 aliphatic rings. The zero-order valence-corrected chi connectivity index (χ0v) is 14.8. The number of rotatable bonds is 4. The van der Waals surface area contributed by atoms with E-state index in [2.05, 4.69) is 4.90 Å². The molecule has 2 aromatic rings. The Morgan fingerprint density at radius 2 is 2.12 bits per heavy atom. The van der Waals surface area contributed by atoms with E-state index in [0.717, 1.165) is 29.7 Å². The summed E-state index contributed by atoms with van der Waals surface area (Å²) in [5.41, 5.74) is 1.60. The quantitative estimate of drug-likeness (QED) is 0.855. The number of halogens is 1. The van der Waals surface area contributed by atoms with Gasteiger partial charge in [0, 0.05) is 23.0 Å². The van der Waals surface area contributed by atoms with Gasteiger partial charge in [-0.15, -0.1) is 11.3 Å². The third-order valence-electron chi connectivity index (χ3n) is 5.69. The summed E-state index contributed by atoms with van der Waals surface area (Å²) >= 11 is 1.52. The van der Waals surface area contributed by atoms with E-state index < -0.39 is 12.0 Å². The van der Waals surface area contributed by atoms with Crippen LogP contribution in [-0.4, -0.2) is 28.1 Å². The van der Waals surface area contributed by atoms with E-state index in [1.807, 2.05) is 23.6 Å². The van der Waals surface area contributed by atoms with Gasteiger partial charge in [0.25, 0.3) is 0 Å². The van der Waals surface area contributed by atoms with E-state index in [1.165, 1.54) is 30.2 Å². The highest BCUT2D eigenvalue weighted by molar-refractivity contribution is 7.13. The molecule has 0 radical (unpaired) electrons. The second-order valence-electron chi connectivity index (χ2n) is 7.17. The van der Waals surface area contributed by atoms with Crippen LogP contribution in [0, 0.1) is 11.7 Å². The molecule has 0 bridgehead atoms. The minimum Gasteiger partial charge on any atom is -0.480 e. The molecule has 1 aliphatic heterocycles. The molecule has 3 atom stereocenters. The van der Waals surface area contributed by atoms with Crippen molar-refractivity contribution >= 4 is 17.3 Å². The van der Waals surface area contributed by atoms with Gasteiger partial charge in [-0.05, 0) is 54.3 Å². The van der Waals surface area contributed by atoms with Crippen molar-refractivity contribution in [1.29, 1.82) is 0 Å². The molecular formula is C20H22FNO2S. The summed E-state index contributed by atoms with van der Waals surface area (Å²) in [6, 6.07) is 8.96. The molecule has 5 heteroatoms. The zero-order chi connectivity index (χ0) is 17.4. The van der Waals surface area contributed by atoms with Crippen LogP contribution in [0.4, 0.5) is 4.39 Å². The van der Waals surface area contributed by atoms with Crippen LogP contribution < -0.4 is 0 Å². The molecular weight excluding hydrogens is 337 g/mol. The Balaban J connectivity index is 1.62. The number of nitrogens with zero attached hydrogens (tertiary/aromatic N) is 1. The standard InChI is InChI=1S/C20H22FNO2S/c21-16-8-7-13(10-15(16)19-6-3-9-25-19)12-22-17-5-2-1-4-14(17)11-18(22)20(23)24/h3,6-10,14,17-18H,1-2,4-5,11-12H2,(H,23,24). The lowest BCUT2D eigenvalue weighted by Crippen LogP contribution is -2.41. The van der Waals surface area contributed by atoms with Gasteiger partial charge < -0.3 is 5.11 Å². The van der Waals surface area contributed by atoms with Crippen molar-refractivity contribution in [2.24, 2.45) is 5.92 Å². The van der Waals surface area contributed by atoms with Gasteiger partial charge in [0.1, 0.15) is 11.9 Å². The second-order valence-corrected chi connectivity index (χ2v) is 8.11. The maximum Gasteiger partial charge on any atom is 0.320 e. The maximum atomic E-state index is 14.2.